The molecule has 2 aromatic rings. The molecule has 0 saturated heterocycles. The quantitative estimate of drug-likeness (QED) is 0.868. The molecule has 1 fully saturated rings. The van der Waals surface area contributed by atoms with Gasteiger partial charge < -0.3 is 10.6 Å². The first-order valence-electron chi connectivity index (χ1n) is 8.94. The lowest BCUT2D eigenvalue weighted by atomic mass is 9.86. The minimum atomic E-state index is -0.258. The topological polar surface area (TPSA) is 71.1 Å². The van der Waals surface area contributed by atoms with Gasteiger partial charge in [0.15, 0.2) is 0 Å². The molecule has 5 heteroatoms. The summed E-state index contributed by atoms with van der Waals surface area (Å²) in [6, 6.07) is 13.4. The summed E-state index contributed by atoms with van der Waals surface area (Å²) in [5.41, 5.74) is 2.66. The Morgan fingerprint density at radius 2 is 1.73 bits per heavy atom. The lowest BCUT2D eigenvalue weighted by Crippen LogP contribution is -2.27. The Balaban J connectivity index is 1.56. The summed E-state index contributed by atoms with van der Waals surface area (Å²) in [6.45, 7) is 6.73. The summed E-state index contributed by atoms with van der Waals surface area (Å²) in [5, 5.41) is 5.87. The molecule has 0 spiro atoms. The van der Waals surface area contributed by atoms with Crippen LogP contribution in [0.4, 0.5) is 5.69 Å². The lowest BCUT2D eigenvalue weighted by Gasteiger charge is -2.23. The maximum atomic E-state index is 12.5. The maximum absolute atomic E-state index is 12.5. The number of para-hydroxylation sites is 1. The number of carbonyl (C=O) groups excluding carboxylic acids is 2. The first kappa shape index (κ1) is 18.1. The predicted octanol–water partition coefficient (Wildman–Crippen LogP) is 3.27. The van der Waals surface area contributed by atoms with Gasteiger partial charge in [-0.2, -0.15) is 0 Å². The van der Waals surface area contributed by atoms with Crippen LogP contribution in [0.15, 0.2) is 48.7 Å². The zero-order valence-corrected chi connectivity index (χ0v) is 15.5. The van der Waals surface area contributed by atoms with Crippen LogP contribution in [0.1, 0.15) is 38.4 Å². The Hall–Kier alpha value is -2.69. The third-order valence-corrected chi connectivity index (χ3v) is 4.63. The molecular formula is C21H25N3O2. The molecule has 0 aliphatic heterocycles. The fourth-order valence-electron chi connectivity index (χ4n) is 3.06. The van der Waals surface area contributed by atoms with Crippen LogP contribution in [-0.2, 0) is 21.5 Å². The molecule has 3 rings (SSSR count). The molecule has 136 valence electrons. The van der Waals surface area contributed by atoms with E-state index in [4.69, 9.17) is 0 Å². The van der Waals surface area contributed by atoms with E-state index in [0.717, 1.165) is 16.9 Å². The third kappa shape index (κ3) is 4.28. The molecule has 1 heterocycles. The van der Waals surface area contributed by atoms with Crippen molar-refractivity contribution in [1.82, 2.24) is 10.3 Å². The zero-order valence-electron chi connectivity index (χ0n) is 15.5. The van der Waals surface area contributed by atoms with Crippen molar-refractivity contribution in [3.63, 3.8) is 0 Å². The fraction of sp³-hybridized carbons (Fsp3) is 0.381. The van der Waals surface area contributed by atoms with Gasteiger partial charge in [-0.25, -0.2) is 0 Å². The summed E-state index contributed by atoms with van der Waals surface area (Å²) in [5.74, 6) is -0.674. The molecule has 5 nitrogen and oxygen atoms in total. The molecule has 1 aromatic heterocycles. The highest BCUT2D eigenvalue weighted by atomic mass is 16.2. The Morgan fingerprint density at radius 3 is 2.42 bits per heavy atom. The molecule has 1 saturated carbocycles. The Bertz CT molecular complexity index is 796. The number of nitrogens with one attached hydrogen (secondary N) is 2. The SMILES string of the molecule is CC(C)(C)c1ccccc1NC(=O)C1CC1C(=O)NCc1ccccn1. The summed E-state index contributed by atoms with van der Waals surface area (Å²) in [7, 11) is 0. The fourth-order valence-corrected chi connectivity index (χ4v) is 3.06. The van der Waals surface area contributed by atoms with Gasteiger partial charge in [0.05, 0.1) is 24.1 Å². The van der Waals surface area contributed by atoms with Crippen molar-refractivity contribution >= 4 is 17.5 Å². The molecule has 2 N–H and O–H groups in total. The van der Waals surface area contributed by atoms with Gasteiger partial charge in [-0.1, -0.05) is 45.0 Å². The van der Waals surface area contributed by atoms with Crippen molar-refractivity contribution in [2.75, 3.05) is 5.32 Å². The van der Waals surface area contributed by atoms with Crippen molar-refractivity contribution in [3.8, 4) is 0 Å². The summed E-state index contributed by atoms with van der Waals surface area (Å²) in [6.07, 6.45) is 2.29. The lowest BCUT2D eigenvalue weighted by molar-refractivity contribution is -0.125. The van der Waals surface area contributed by atoms with E-state index < -0.39 is 0 Å². The van der Waals surface area contributed by atoms with E-state index in [1.54, 1.807) is 6.20 Å². The van der Waals surface area contributed by atoms with Gasteiger partial charge in [0.25, 0.3) is 0 Å². The Morgan fingerprint density at radius 1 is 1.04 bits per heavy atom. The van der Waals surface area contributed by atoms with E-state index in [9.17, 15) is 9.59 Å². The van der Waals surface area contributed by atoms with E-state index in [1.807, 2.05) is 42.5 Å². The normalized spacial score (nSPS) is 18.9. The highest BCUT2D eigenvalue weighted by Crippen LogP contribution is 2.40. The monoisotopic (exact) mass is 351 g/mol. The van der Waals surface area contributed by atoms with Gasteiger partial charge in [-0.05, 0) is 35.6 Å². The zero-order chi connectivity index (χ0) is 18.7. The molecule has 0 bridgehead atoms. The number of pyridine rings is 1. The van der Waals surface area contributed by atoms with Crippen molar-refractivity contribution in [3.05, 3.63) is 59.9 Å². The molecule has 2 atom stereocenters. The smallest absolute Gasteiger partial charge is 0.228 e. The number of anilines is 1. The molecule has 0 radical (unpaired) electrons. The van der Waals surface area contributed by atoms with Crippen LogP contribution in [0.3, 0.4) is 0 Å². The predicted molar refractivity (Wildman–Crippen MR) is 101 cm³/mol. The van der Waals surface area contributed by atoms with Crippen LogP contribution >= 0.6 is 0 Å². The molecule has 26 heavy (non-hydrogen) atoms. The number of benzene rings is 1. The first-order chi connectivity index (χ1) is 12.4. The summed E-state index contributed by atoms with van der Waals surface area (Å²) >= 11 is 0. The van der Waals surface area contributed by atoms with Crippen molar-refractivity contribution in [2.24, 2.45) is 11.8 Å². The number of carbonyl (C=O) groups is 2. The van der Waals surface area contributed by atoms with E-state index in [0.29, 0.717) is 13.0 Å². The average Bonchev–Trinajstić information content (AvgIpc) is 3.41. The van der Waals surface area contributed by atoms with Crippen molar-refractivity contribution in [1.29, 1.82) is 0 Å². The van der Waals surface area contributed by atoms with Crippen LogP contribution in [-0.4, -0.2) is 16.8 Å². The van der Waals surface area contributed by atoms with E-state index in [1.165, 1.54) is 0 Å². The van der Waals surface area contributed by atoms with E-state index in [2.05, 4.69) is 36.4 Å². The van der Waals surface area contributed by atoms with Crippen LogP contribution in [0.25, 0.3) is 0 Å². The van der Waals surface area contributed by atoms with Crippen LogP contribution in [0.5, 0.6) is 0 Å². The van der Waals surface area contributed by atoms with Crippen LogP contribution < -0.4 is 10.6 Å². The first-order valence-corrected chi connectivity index (χ1v) is 8.94. The number of amides is 2. The van der Waals surface area contributed by atoms with E-state index in [-0.39, 0.29) is 29.1 Å². The van der Waals surface area contributed by atoms with Crippen molar-refractivity contribution in [2.45, 2.75) is 39.2 Å². The number of rotatable bonds is 5. The molecule has 2 amide bonds. The Kier molecular flexibility index (Phi) is 5.07. The number of hydrogen-bond acceptors (Lipinski definition) is 3. The second kappa shape index (κ2) is 7.28. The highest BCUT2D eigenvalue weighted by molar-refractivity contribution is 6.00. The molecule has 1 aliphatic carbocycles. The second-order valence-electron chi connectivity index (χ2n) is 7.77. The van der Waals surface area contributed by atoms with Gasteiger partial charge >= 0.3 is 0 Å². The van der Waals surface area contributed by atoms with Gasteiger partial charge in [0.1, 0.15) is 0 Å². The summed E-state index contributed by atoms with van der Waals surface area (Å²) < 4.78 is 0. The largest absolute Gasteiger partial charge is 0.350 e. The molecule has 2 unspecified atom stereocenters. The highest BCUT2D eigenvalue weighted by Gasteiger charge is 2.48. The maximum Gasteiger partial charge on any atom is 0.228 e. The van der Waals surface area contributed by atoms with Gasteiger partial charge in [0, 0.05) is 11.9 Å². The average molecular weight is 351 g/mol. The molecular weight excluding hydrogens is 326 g/mol. The van der Waals surface area contributed by atoms with Crippen LogP contribution in [0.2, 0.25) is 0 Å². The van der Waals surface area contributed by atoms with Crippen molar-refractivity contribution < 1.29 is 9.59 Å². The minimum absolute atomic E-state index is 0.0626. The minimum Gasteiger partial charge on any atom is -0.350 e. The molecule has 1 aromatic carbocycles. The molecule has 1 aliphatic rings. The van der Waals surface area contributed by atoms with E-state index >= 15 is 0 Å². The number of aromatic nitrogens is 1. The van der Waals surface area contributed by atoms with Gasteiger partial charge in [0.2, 0.25) is 11.8 Å². The number of nitrogens with zero attached hydrogens (tertiary/aromatic N) is 1. The Labute approximate surface area is 154 Å². The van der Waals surface area contributed by atoms with Gasteiger partial charge in [-0.15, -0.1) is 0 Å². The summed E-state index contributed by atoms with van der Waals surface area (Å²) in [4.78, 5) is 29.0. The third-order valence-electron chi connectivity index (χ3n) is 4.63. The second-order valence-corrected chi connectivity index (χ2v) is 7.77. The number of hydrogen-bond donors (Lipinski definition) is 2. The van der Waals surface area contributed by atoms with Crippen LogP contribution in [0, 0.1) is 11.8 Å². The van der Waals surface area contributed by atoms with Gasteiger partial charge in [-0.3, -0.25) is 14.6 Å². The standard InChI is InChI=1S/C21H25N3O2/c1-21(2,3)17-9-4-5-10-18(17)24-20(26)16-12-15(16)19(25)23-13-14-8-6-7-11-22-14/h4-11,15-16H,12-13H2,1-3H3,(H,23,25)(H,24,26).